The zero-order valence-electron chi connectivity index (χ0n) is 23.8. The summed E-state index contributed by atoms with van der Waals surface area (Å²) in [4.78, 5) is 0. The van der Waals surface area contributed by atoms with Gasteiger partial charge in [0.25, 0.3) is 0 Å². The van der Waals surface area contributed by atoms with E-state index in [1.54, 1.807) is 0 Å². The van der Waals surface area contributed by atoms with Crippen molar-refractivity contribution in [1.29, 1.82) is 0 Å². The van der Waals surface area contributed by atoms with E-state index in [1.165, 1.54) is 0 Å². The Morgan fingerprint density at radius 1 is 0.228 bits per heavy atom. The van der Waals surface area contributed by atoms with E-state index < -0.39 is 114 Å². The maximum atomic E-state index is 14.7. The van der Waals surface area contributed by atoms with Crippen LogP contribution in [0.1, 0.15) is 0 Å². The molecule has 0 amide bonds. The molecule has 0 bridgehead atoms. The predicted molar refractivity (Wildman–Crippen MR) is 101 cm³/mol. The van der Waals surface area contributed by atoms with Gasteiger partial charge in [-0.15, -0.1) is 0 Å². The lowest BCUT2D eigenvalue weighted by molar-refractivity contribution is -0.341. The SMILES string of the molecule is FC(F)(F)C(F)(F)C(F)(F)[Si](O[Si](C(F)(F)C(F)(F)F)(C(F)(F)C(F)(F)F)C(F)(F)C(F)(F)F)O[Si](C(F)(F)C(F)(F)F)(C(F)(F)C(F)(F)F)C(F)(F)C(F)(F)F. The van der Waals surface area contributed by atoms with Crippen LogP contribution in [0.4, 0.5) is 162 Å². The number of hydrogen-bond acceptors (Lipinski definition) is 2. The third-order valence-corrected chi connectivity index (χ3v) is 18.1. The molecular weight excluding hydrogens is 999 g/mol. The molecule has 0 fully saturated rings. The first-order valence-corrected chi connectivity index (χ1v) is 16.7. The maximum absolute atomic E-state index is 14.7. The Kier molecular flexibility index (Phi) is 13.3. The topological polar surface area (TPSA) is 18.5 Å². The van der Waals surface area contributed by atoms with Gasteiger partial charge in [-0.25, -0.2) is 0 Å². The smallest absolute Gasteiger partial charge is 0.418 e. The van der Waals surface area contributed by atoms with E-state index in [4.69, 9.17) is 0 Å². The summed E-state index contributed by atoms with van der Waals surface area (Å²) >= 11 is 0. The predicted octanol–water partition coefficient (Wildman–Crippen LogP) is 11.2. The second-order valence-electron chi connectivity index (χ2n) is 9.93. The van der Waals surface area contributed by atoms with E-state index >= 15 is 0 Å². The molecule has 1 radical (unpaired) electrons. The van der Waals surface area contributed by atoms with Crippen LogP contribution < -0.4 is 0 Å². The Bertz CT molecular complexity index is 1200. The molecule has 0 saturated carbocycles. The summed E-state index contributed by atoms with van der Waals surface area (Å²) in [5.41, 5.74) is -71.2. The molecule has 2 nitrogen and oxygen atoms in total. The average Bonchev–Trinajstić information content (AvgIpc) is 2.87. The molecule has 0 aromatic heterocycles. The van der Waals surface area contributed by atoms with Gasteiger partial charge >= 0.3 is 114 Å². The van der Waals surface area contributed by atoms with Gasteiger partial charge in [0.1, 0.15) is 0 Å². The number of alkyl halides is 37. The van der Waals surface area contributed by atoms with Crippen molar-refractivity contribution in [3.8, 4) is 0 Å². The van der Waals surface area contributed by atoms with Crippen molar-refractivity contribution in [2.45, 2.75) is 88.0 Å². The van der Waals surface area contributed by atoms with Gasteiger partial charge in [0.05, 0.1) is 0 Å². The lowest BCUT2D eigenvalue weighted by Crippen LogP contribution is -2.90. The van der Waals surface area contributed by atoms with Crippen LogP contribution in [0.5, 0.6) is 0 Å². The molecule has 57 heavy (non-hydrogen) atoms. The highest BCUT2D eigenvalue weighted by atomic mass is 28.4. The number of halogens is 37. The molecule has 0 saturated heterocycles. The average molecular weight is 999 g/mol. The molecule has 0 aromatic rings. The van der Waals surface area contributed by atoms with Gasteiger partial charge in [0, 0.05) is 0 Å². The van der Waals surface area contributed by atoms with E-state index in [0.29, 0.717) is 0 Å². The molecule has 0 aliphatic rings. The van der Waals surface area contributed by atoms with Crippen LogP contribution in [0.15, 0.2) is 0 Å². The maximum Gasteiger partial charge on any atom is 0.459 e. The highest BCUT2D eigenvalue weighted by Gasteiger charge is 3.04. The van der Waals surface area contributed by atoms with Gasteiger partial charge < -0.3 is 8.23 Å². The first-order valence-electron chi connectivity index (χ1n) is 11.6. The summed E-state index contributed by atoms with van der Waals surface area (Å²) in [6, 6.07) is 0. The van der Waals surface area contributed by atoms with Gasteiger partial charge in [-0.3, -0.25) is 0 Å². The molecule has 42 heteroatoms. The van der Waals surface area contributed by atoms with Crippen LogP contribution in [-0.2, 0) is 8.23 Å². The lowest BCUT2D eigenvalue weighted by atomic mass is 10.3. The van der Waals surface area contributed by atoms with Crippen LogP contribution in [0.25, 0.3) is 0 Å². The summed E-state index contributed by atoms with van der Waals surface area (Å²) in [5.74, 6) is -9.63. The van der Waals surface area contributed by atoms with E-state index in [-0.39, 0.29) is 0 Å². The zero-order valence-corrected chi connectivity index (χ0v) is 26.8. The van der Waals surface area contributed by atoms with Crippen LogP contribution in [-0.4, -0.2) is 114 Å². The summed E-state index contributed by atoms with van der Waals surface area (Å²) < 4.78 is 508. The third kappa shape index (κ3) is 7.44. The van der Waals surface area contributed by atoms with Crippen molar-refractivity contribution < 1.29 is 171 Å². The Morgan fingerprint density at radius 3 is 0.474 bits per heavy atom. The van der Waals surface area contributed by atoms with Crippen molar-refractivity contribution in [3.63, 3.8) is 0 Å². The van der Waals surface area contributed by atoms with Gasteiger partial charge in [-0.2, -0.15) is 162 Å². The Labute approximate surface area is 285 Å². The molecule has 0 aromatic carbocycles. The van der Waals surface area contributed by atoms with E-state index in [2.05, 4.69) is 0 Å². The van der Waals surface area contributed by atoms with Crippen molar-refractivity contribution in [1.82, 2.24) is 0 Å². The molecule has 0 heterocycles. The minimum atomic E-state index is -13.3. The zero-order chi connectivity index (χ0) is 47.5. The number of hydrogen-bond donors (Lipinski definition) is 0. The van der Waals surface area contributed by atoms with Gasteiger partial charge in [0.15, 0.2) is 0 Å². The lowest BCUT2D eigenvalue weighted by Gasteiger charge is -2.51. The second kappa shape index (κ2) is 13.7. The van der Waals surface area contributed by atoms with Crippen LogP contribution in [0.2, 0.25) is 0 Å². The highest BCUT2D eigenvalue weighted by Crippen LogP contribution is 2.66. The third-order valence-electron chi connectivity index (χ3n) is 6.29. The van der Waals surface area contributed by atoms with Crippen molar-refractivity contribution >= 4 is 25.9 Å². The first-order chi connectivity index (χ1) is 23.8. The normalized spacial score (nSPS) is 17.2. The molecular formula is C15F37O2Si3. The molecule has 0 spiro atoms. The minimum Gasteiger partial charge on any atom is -0.418 e. The highest BCUT2D eigenvalue weighted by molar-refractivity contribution is 6.90. The van der Waals surface area contributed by atoms with E-state index in [9.17, 15) is 162 Å². The second-order valence-corrected chi connectivity index (χ2v) is 19.3. The molecule has 0 aliphatic heterocycles. The molecule has 0 atom stereocenters. The quantitative estimate of drug-likeness (QED) is 0.143. The van der Waals surface area contributed by atoms with Gasteiger partial charge in [0.2, 0.25) is 0 Å². The fourth-order valence-electron chi connectivity index (χ4n) is 3.50. The van der Waals surface area contributed by atoms with Crippen molar-refractivity contribution in [2.24, 2.45) is 0 Å². The molecule has 0 N–H and O–H groups in total. The first kappa shape index (κ1) is 55.0. The minimum absolute atomic E-state index is 0.949. The fourth-order valence-corrected chi connectivity index (χ4v) is 15.5. The Morgan fingerprint density at radius 2 is 0.368 bits per heavy atom. The van der Waals surface area contributed by atoms with Crippen LogP contribution in [0, 0.1) is 0 Å². The Balaban J connectivity index is 10.2. The van der Waals surface area contributed by atoms with Crippen molar-refractivity contribution in [3.05, 3.63) is 0 Å². The summed E-state index contributed by atoms with van der Waals surface area (Å²) in [6.07, 6.45) is -65.9. The molecule has 0 aliphatic carbocycles. The summed E-state index contributed by atoms with van der Waals surface area (Å²) in [5, 5.41) is 0. The van der Waals surface area contributed by atoms with E-state index in [1.807, 2.05) is 0 Å². The molecule has 0 rings (SSSR count). The molecule has 343 valence electrons. The van der Waals surface area contributed by atoms with Crippen LogP contribution in [0.3, 0.4) is 0 Å². The van der Waals surface area contributed by atoms with Gasteiger partial charge in [-0.05, 0) is 0 Å². The van der Waals surface area contributed by atoms with Crippen molar-refractivity contribution in [2.75, 3.05) is 0 Å². The fraction of sp³-hybridized carbons (Fsp3) is 1.00. The van der Waals surface area contributed by atoms with Gasteiger partial charge in [-0.1, -0.05) is 0 Å². The molecule has 0 unspecified atom stereocenters. The van der Waals surface area contributed by atoms with Crippen LogP contribution >= 0.6 is 0 Å². The largest absolute Gasteiger partial charge is 0.459 e. The Hall–Kier alpha value is -2.02. The standard InChI is InChI=1S/C15F37O2Si3/c16-1(17,2(18,19)20)9(39,40)55(53-56(10(41,42)3(21,22)23,11(43,44)4(24,25)26)12(45,46)5(27,28)29)54-57(13(47,48)6(30,31)32,14(49,50)7(33,34)35)15(51,52)8(36,37)38. The summed E-state index contributed by atoms with van der Waals surface area (Å²) in [6.45, 7) is 0. The monoisotopic (exact) mass is 999 g/mol. The number of rotatable bonds is 12. The summed E-state index contributed by atoms with van der Waals surface area (Å²) in [7, 11) is -37.5. The van der Waals surface area contributed by atoms with E-state index in [0.717, 1.165) is 8.23 Å².